The number of benzene rings is 2. The molecule has 5 rings (SSSR count). The molecule has 5 aromatic rings. The summed E-state index contributed by atoms with van der Waals surface area (Å²) in [6.45, 7) is 10.8. The first kappa shape index (κ1) is 50.0. The highest BCUT2D eigenvalue weighted by atomic mass is 19.1. The number of fused-ring (bicyclic) bond motifs is 1. The zero-order valence-corrected chi connectivity index (χ0v) is 38.1. The van der Waals surface area contributed by atoms with Crippen molar-refractivity contribution >= 4 is 46.3 Å². The van der Waals surface area contributed by atoms with Crippen LogP contribution in [0.2, 0.25) is 0 Å². The lowest BCUT2D eigenvalue weighted by molar-refractivity contribution is -0.155. The fourth-order valence-electron chi connectivity index (χ4n) is 6.42. The molecule has 0 radical (unpaired) electrons. The maximum Gasteiger partial charge on any atom is 0.408 e. The molecule has 0 saturated heterocycles. The second-order valence-electron chi connectivity index (χ2n) is 17.1. The summed E-state index contributed by atoms with van der Waals surface area (Å²) in [7, 11) is 1.43. The van der Waals surface area contributed by atoms with E-state index in [-0.39, 0.29) is 67.3 Å². The number of pyridine rings is 1. The number of nitrogens with zero attached hydrogens (tertiary/aromatic N) is 5. The molecule has 3 N–H and O–H groups in total. The average Bonchev–Trinajstić information content (AvgIpc) is 3.60. The molecule has 3 aromatic heterocycles. The number of esters is 2. The van der Waals surface area contributed by atoms with E-state index in [1.807, 2.05) is 0 Å². The topological polar surface area (TPSA) is 207 Å². The van der Waals surface area contributed by atoms with Gasteiger partial charge in [0.1, 0.15) is 59.6 Å². The summed E-state index contributed by atoms with van der Waals surface area (Å²) in [6, 6.07) is 9.52. The molecule has 0 aliphatic rings. The van der Waals surface area contributed by atoms with E-state index in [0.717, 1.165) is 12.1 Å². The van der Waals surface area contributed by atoms with Crippen LogP contribution in [0, 0.1) is 17.6 Å². The molecule has 0 aliphatic carbocycles. The van der Waals surface area contributed by atoms with Crippen molar-refractivity contribution in [2.45, 2.75) is 110 Å². The Morgan fingerprint density at radius 1 is 0.848 bits per heavy atom. The summed E-state index contributed by atoms with van der Waals surface area (Å²) in [6.07, 6.45) is 3.82. The van der Waals surface area contributed by atoms with Crippen LogP contribution in [0.4, 0.5) is 29.5 Å². The summed E-state index contributed by atoms with van der Waals surface area (Å²) in [5, 5.41) is 13.3. The summed E-state index contributed by atoms with van der Waals surface area (Å²) < 4.78 is 73.1. The molecule has 0 fully saturated rings. The zero-order valence-electron chi connectivity index (χ0n) is 38.1. The Hall–Kier alpha value is -6.99. The third kappa shape index (κ3) is 14.8. The molecule has 17 nitrogen and oxygen atoms in total. The maximum absolute atomic E-state index is 15.6. The first-order valence-electron chi connectivity index (χ1n) is 21.2. The number of para-hydroxylation sites is 1. The van der Waals surface area contributed by atoms with Gasteiger partial charge in [-0.2, -0.15) is 9.49 Å². The summed E-state index contributed by atoms with van der Waals surface area (Å²) >= 11 is 0. The van der Waals surface area contributed by atoms with E-state index in [4.69, 9.17) is 23.7 Å². The van der Waals surface area contributed by atoms with Crippen molar-refractivity contribution in [3.8, 4) is 23.0 Å². The van der Waals surface area contributed by atoms with Gasteiger partial charge in [0.05, 0.1) is 25.4 Å². The minimum absolute atomic E-state index is 0.157. The predicted molar refractivity (Wildman–Crippen MR) is 236 cm³/mol. The second-order valence-corrected chi connectivity index (χ2v) is 17.1. The summed E-state index contributed by atoms with van der Waals surface area (Å²) in [4.78, 5) is 63.2. The van der Waals surface area contributed by atoms with Crippen LogP contribution in [0.1, 0.15) is 86.1 Å². The highest BCUT2D eigenvalue weighted by Gasteiger charge is 2.28. The van der Waals surface area contributed by atoms with Gasteiger partial charge in [0.2, 0.25) is 11.9 Å². The largest absolute Gasteiger partial charge is 0.491 e. The number of carbonyl (C=O) groups is 4. The van der Waals surface area contributed by atoms with Crippen molar-refractivity contribution < 1.29 is 56.0 Å². The van der Waals surface area contributed by atoms with Gasteiger partial charge in [0.15, 0.2) is 17.4 Å². The molecule has 0 spiro atoms. The Morgan fingerprint density at radius 3 is 2.24 bits per heavy atom. The van der Waals surface area contributed by atoms with Crippen LogP contribution < -0.4 is 25.4 Å². The smallest absolute Gasteiger partial charge is 0.408 e. The van der Waals surface area contributed by atoms with Gasteiger partial charge in [-0.15, -0.1) is 0 Å². The maximum atomic E-state index is 15.6. The Bertz CT molecular complexity index is 2480. The SMILES string of the molecule is COc1cnc(-c2nn(Cc3c(F)cc(OCCOC(=O)[C@H](C)NC(=O)[C@@H](CCCCCC(=O)OC(C)(C)C)NC(=O)OC(C)(C)C)cc3F)c3ccccc23)nc1Nc1ccnc(F)c1. The Morgan fingerprint density at radius 2 is 1.56 bits per heavy atom. The Labute approximate surface area is 380 Å². The number of amides is 2. The van der Waals surface area contributed by atoms with Gasteiger partial charge in [-0.25, -0.2) is 33.3 Å². The molecule has 66 heavy (non-hydrogen) atoms. The highest BCUT2D eigenvalue weighted by molar-refractivity contribution is 5.92. The van der Waals surface area contributed by atoms with Gasteiger partial charge in [0, 0.05) is 47.5 Å². The molecular formula is C46H55F3N8O9. The van der Waals surface area contributed by atoms with Gasteiger partial charge >= 0.3 is 18.0 Å². The molecule has 2 aromatic carbocycles. The minimum atomic E-state index is -1.14. The van der Waals surface area contributed by atoms with E-state index in [9.17, 15) is 23.6 Å². The fourth-order valence-corrected chi connectivity index (χ4v) is 6.42. The molecule has 0 saturated carbocycles. The van der Waals surface area contributed by atoms with Crippen molar-refractivity contribution in [3.05, 3.63) is 84.1 Å². The number of aromatic nitrogens is 5. The monoisotopic (exact) mass is 920 g/mol. The van der Waals surface area contributed by atoms with Gasteiger partial charge < -0.3 is 39.6 Å². The number of rotatable bonds is 20. The van der Waals surface area contributed by atoms with E-state index in [1.165, 1.54) is 37.2 Å². The number of anilines is 2. The zero-order chi connectivity index (χ0) is 48.2. The number of methoxy groups -OCH3 is 1. The average molecular weight is 921 g/mol. The van der Waals surface area contributed by atoms with Crippen molar-refractivity contribution in [1.29, 1.82) is 0 Å². The minimum Gasteiger partial charge on any atom is -0.491 e. The van der Waals surface area contributed by atoms with E-state index < -0.39 is 58.8 Å². The van der Waals surface area contributed by atoms with Crippen LogP contribution >= 0.6 is 0 Å². The van der Waals surface area contributed by atoms with Crippen molar-refractivity contribution in [2.24, 2.45) is 0 Å². The predicted octanol–water partition coefficient (Wildman–Crippen LogP) is 7.72. The fraction of sp³-hybridized carbons (Fsp3) is 0.435. The van der Waals surface area contributed by atoms with E-state index in [2.05, 4.69) is 36.0 Å². The van der Waals surface area contributed by atoms with Gasteiger partial charge in [-0.3, -0.25) is 14.3 Å². The molecule has 2 amide bonds. The first-order chi connectivity index (χ1) is 31.2. The van der Waals surface area contributed by atoms with Crippen LogP contribution in [0.5, 0.6) is 11.5 Å². The molecule has 3 heterocycles. The molecule has 0 bridgehead atoms. The standard InChI is InChI=1S/C46H55F3N8O9/c1-27(52-42(59)34(54-44(61)66-46(5,6)7)15-10-9-11-17-38(58)65-45(2,3)4)43(60)64-21-20-63-29-23-32(47)31(33(48)24-29)26-57-35-16-13-12-14-30(35)39(56-57)41-51-25-36(62-8)40(55-41)53-28-18-19-50-37(49)22-28/h12-14,16,18-19,22-25,27,34H,9-11,15,17,20-21,26H2,1-8H3,(H,52,59)(H,54,61)(H,50,51,53,55)/t27-,34+/m0/s1. The van der Waals surface area contributed by atoms with Crippen LogP contribution in [0.15, 0.2) is 60.9 Å². The molecule has 20 heteroatoms. The van der Waals surface area contributed by atoms with Crippen molar-refractivity contribution in [2.75, 3.05) is 25.6 Å². The van der Waals surface area contributed by atoms with E-state index >= 15 is 8.78 Å². The van der Waals surface area contributed by atoms with Crippen LogP contribution in [-0.2, 0) is 35.1 Å². The summed E-state index contributed by atoms with van der Waals surface area (Å²) in [5.41, 5.74) is -0.540. The second kappa shape index (κ2) is 22.3. The normalized spacial score (nSPS) is 12.5. The lowest BCUT2D eigenvalue weighted by Crippen LogP contribution is -2.51. The summed E-state index contributed by atoms with van der Waals surface area (Å²) in [5.74, 6) is -3.89. The van der Waals surface area contributed by atoms with Gasteiger partial charge in [-0.1, -0.05) is 31.0 Å². The van der Waals surface area contributed by atoms with Crippen molar-refractivity contribution in [3.63, 3.8) is 0 Å². The number of unbranched alkanes of at least 4 members (excludes halogenated alkanes) is 2. The molecule has 0 unspecified atom stereocenters. The number of carbonyl (C=O) groups excluding carboxylic acids is 4. The third-order valence-corrected chi connectivity index (χ3v) is 9.37. The number of nitrogens with one attached hydrogen (secondary N) is 3. The van der Waals surface area contributed by atoms with Gasteiger partial charge in [-0.05, 0) is 73.4 Å². The lowest BCUT2D eigenvalue weighted by Gasteiger charge is -2.24. The van der Waals surface area contributed by atoms with Gasteiger partial charge in [0.25, 0.3) is 0 Å². The number of ether oxygens (including phenoxy) is 5. The number of hydrogen-bond acceptors (Lipinski definition) is 14. The highest BCUT2D eigenvalue weighted by Crippen LogP contribution is 2.32. The molecule has 2 atom stereocenters. The van der Waals surface area contributed by atoms with E-state index in [1.54, 1.807) is 71.9 Å². The van der Waals surface area contributed by atoms with E-state index in [0.29, 0.717) is 41.5 Å². The van der Waals surface area contributed by atoms with Crippen LogP contribution in [0.3, 0.4) is 0 Å². The third-order valence-electron chi connectivity index (χ3n) is 9.37. The lowest BCUT2D eigenvalue weighted by atomic mass is 10.1. The molecular weight excluding hydrogens is 866 g/mol. The Kier molecular flexibility index (Phi) is 16.9. The molecule has 0 aliphatic heterocycles. The number of alkyl carbamates (subject to hydrolysis) is 1. The number of hydrogen-bond donors (Lipinski definition) is 3. The number of halogens is 3. The first-order valence-corrected chi connectivity index (χ1v) is 21.2. The Balaban J connectivity index is 1.16. The quantitative estimate of drug-likeness (QED) is 0.0296. The van der Waals surface area contributed by atoms with Crippen LogP contribution in [-0.4, -0.2) is 92.3 Å². The van der Waals surface area contributed by atoms with Crippen LogP contribution in [0.25, 0.3) is 22.4 Å². The van der Waals surface area contributed by atoms with Crippen molar-refractivity contribution in [1.82, 2.24) is 35.4 Å². The molecule has 354 valence electrons.